The maximum absolute atomic E-state index is 13.6. The van der Waals surface area contributed by atoms with E-state index in [1.54, 1.807) is 45.9 Å². The van der Waals surface area contributed by atoms with Crippen molar-refractivity contribution in [2.24, 2.45) is 4.99 Å². The molecule has 0 aromatic carbocycles. The van der Waals surface area contributed by atoms with E-state index in [9.17, 15) is 18.0 Å². The SMILES string of the molecule is CC(C)(C)OC(=O)NC1=N[C@](C)(c2cccc(N)n2)CO[C@@]1(C)C(F)(F)F. The number of carbonyl (C=O) groups excluding carboxylic acids is 1. The van der Waals surface area contributed by atoms with Crippen LogP contribution in [-0.4, -0.2) is 40.9 Å². The average molecular weight is 388 g/mol. The average Bonchev–Trinajstić information content (AvgIpc) is 2.48. The molecule has 0 radical (unpaired) electrons. The highest BCUT2D eigenvalue weighted by Gasteiger charge is 2.60. The van der Waals surface area contributed by atoms with E-state index < -0.39 is 41.5 Å². The Hall–Kier alpha value is -2.36. The van der Waals surface area contributed by atoms with Crippen LogP contribution in [-0.2, 0) is 15.0 Å². The Morgan fingerprint density at radius 3 is 2.44 bits per heavy atom. The van der Waals surface area contributed by atoms with Gasteiger partial charge in [0.15, 0.2) is 0 Å². The number of aromatic nitrogens is 1. The summed E-state index contributed by atoms with van der Waals surface area (Å²) in [4.78, 5) is 20.3. The third-order valence-corrected chi connectivity index (χ3v) is 3.94. The molecule has 0 saturated heterocycles. The topological polar surface area (TPSA) is 98.8 Å². The molecule has 27 heavy (non-hydrogen) atoms. The molecule has 2 heterocycles. The summed E-state index contributed by atoms with van der Waals surface area (Å²) in [5, 5.41) is 2.10. The lowest BCUT2D eigenvalue weighted by molar-refractivity contribution is -0.250. The Bertz CT molecular complexity index is 761. The molecule has 150 valence electrons. The molecular weight excluding hydrogens is 365 g/mol. The monoisotopic (exact) mass is 388 g/mol. The van der Waals surface area contributed by atoms with Crippen LogP contribution in [0, 0.1) is 0 Å². The first-order valence-electron chi connectivity index (χ1n) is 8.20. The normalized spacial score (nSPS) is 26.3. The van der Waals surface area contributed by atoms with Crippen LogP contribution in [0.2, 0.25) is 0 Å². The van der Waals surface area contributed by atoms with E-state index in [2.05, 4.69) is 15.3 Å². The maximum atomic E-state index is 13.6. The summed E-state index contributed by atoms with van der Waals surface area (Å²) in [5.41, 5.74) is 1.01. The molecule has 0 spiro atoms. The van der Waals surface area contributed by atoms with Gasteiger partial charge in [-0.25, -0.2) is 9.78 Å². The van der Waals surface area contributed by atoms with Crippen molar-refractivity contribution in [1.29, 1.82) is 0 Å². The summed E-state index contributed by atoms with van der Waals surface area (Å²) in [6.07, 6.45) is -5.88. The molecule has 2 rings (SSSR count). The molecule has 0 bridgehead atoms. The number of nitrogens with two attached hydrogens (primary N) is 1. The van der Waals surface area contributed by atoms with Gasteiger partial charge in [-0.05, 0) is 46.8 Å². The summed E-state index contributed by atoms with van der Waals surface area (Å²) < 4.78 is 51.2. The fourth-order valence-electron chi connectivity index (χ4n) is 2.39. The lowest BCUT2D eigenvalue weighted by Gasteiger charge is -2.41. The van der Waals surface area contributed by atoms with E-state index >= 15 is 0 Å². The van der Waals surface area contributed by atoms with Crippen molar-refractivity contribution < 1.29 is 27.4 Å². The minimum atomic E-state index is -4.81. The molecule has 1 aliphatic heterocycles. The predicted octanol–water partition coefficient (Wildman–Crippen LogP) is 3.15. The summed E-state index contributed by atoms with van der Waals surface area (Å²) in [7, 11) is 0. The number of amidine groups is 1. The molecule has 7 nitrogen and oxygen atoms in total. The second kappa shape index (κ2) is 6.66. The summed E-state index contributed by atoms with van der Waals surface area (Å²) >= 11 is 0. The Kier molecular flexibility index (Phi) is 5.17. The zero-order valence-corrected chi connectivity index (χ0v) is 15.8. The zero-order chi connectivity index (χ0) is 20.7. The lowest BCUT2D eigenvalue weighted by Crippen LogP contribution is -2.62. The Morgan fingerprint density at radius 1 is 1.30 bits per heavy atom. The van der Waals surface area contributed by atoms with E-state index in [-0.39, 0.29) is 5.82 Å². The van der Waals surface area contributed by atoms with Gasteiger partial charge in [-0.1, -0.05) is 6.07 Å². The smallest absolute Gasteiger partial charge is 0.424 e. The number of hydrogen-bond acceptors (Lipinski definition) is 6. The number of rotatable bonds is 1. The van der Waals surface area contributed by atoms with Gasteiger partial charge >= 0.3 is 12.3 Å². The van der Waals surface area contributed by atoms with Crippen molar-refractivity contribution in [3.63, 3.8) is 0 Å². The third-order valence-electron chi connectivity index (χ3n) is 3.94. The van der Waals surface area contributed by atoms with Crippen LogP contribution in [0.25, 0.3) is 0 Å². The van der Waals surface area contributed by atoms with Crippen molar-refractivity contribution >= 4 is 17.7 Å². The number of nitrogen functional groups attached to an aromatic ring is 1. The second-order valence-electron chi connectivity index (χ2n) is 7.63. The Balaban J connectivity index is 2.48. The molecule has 10 heteroatoms. The van der Waals surface area contributed by atoms with Crippen LogP contribution in [0.3, 0.4) is 0 Å². The fraction of sp³-hybridized carbons (Fsp3) is 0.588. The minimum absolute atomic E-state index is 0.190. The molecule has 1 aromatic rings. The number of nitrogens with one attached hydrogen (secondary N) is 1. The van der Waals surface area contributed by atoms with Crippen LogP contribution in [0.5, 0.6) is 0 Å². The number of aliphatic imine (C=N–C) groups is 1. The van der Waals surface area contributed by atoms with Gasteiger partial charge in [0.25, 0.3) is 0 Å². The molecule has 0 aliphatic carbocycles. The highest BCUT2D eigenvalue weighted by Crippen LogP contribution is 2.41. The number of amides is 1. The zero-order valence-electron chi connectivity index (χ0n) is 15.8. The van der Waals surface area contributed by atoms with Crippen LogP contribution in [0.15, 0.2) is 23.2 Å². The van der Waals surface area contributed by atoms with E-state index in [1.165, 1.54) is 0 Å². The molecule has 1 amide bonds. The second-order valence-corrected chi connectivity index (χ2v) is 7.63. The van der Waals surface area contributed by atoms with Crippen LogP contribution < -0.4 is 11.1 Å². The van der Waals surface area contributed by atoms with Gasteiger partial charge in [-0.15, -0.1) is 0 Å². The Morgan fingerprint density at radius 2 is 1.93 bits per heavy atom. The molecule has 1 aromatic heterocycles. The molecule has 0 saturated carbocycles. The number of nitrogens with zero attached hydrogens (tertiary/aromatic N) is 2. The van der Waals surface area contributed by atoms with Crippen LogP contribution in [0.1, 0.15) is 40.3 Å². The van der Waals surface area contributed by atoms with Gasteiger partial charge in [-0.2, -0.15) is 13.2 Å². The standard InChI is InChI=1S/C17H23F3N4O3/c1-14(2,3)27-13(25)23-12-16(5,17(18,19)20)26-9-15(4,24-12)10-7-6-8-11(21)22-10/h6-8H,9H2,1-5H3,(H2,21,22)(H,23,24,25)/t15-,16+/m0/s1. The van der Waals surface area contributed by atoms with Gasteiger partial charge in [0.1, 0.15) is 22.8 Å². The first kappa shape index (κ1) is 20.9. The first-order chi connectivity index (χ1) is 12.2. The van der Waals surface area contributed by atoms with Crippen LogP contribution in [0.4, 0.5) is 23.8 Å². The van der Waals surface area contributed by atoms with Crippen molar-refractivity contribution in [3.05, 3.63) is 23.9 Å². The van der Waals surface area contributed by atoms with Gasteiger partial charge in [-0.3, -0.25) is 10.3 Å². The number of hydrogen-bond donors (Lipinski definition) is 2. The van der Waals surface area contributed by atoms with Crippen LogP contribution >= 0.6 is 0 Å². The van der Waals surface area contributed by atoms with Crippen molar-refractivity contribution in [2.45, 2.75) is 57.5 Å². The van der Waals surface area contributed by atoms with Crippen molar-refractivity contribution in [2.75, 3.05) is 12.3 Å². The van der Waals surface area contributed by atoms with E-state index in [0.717, 1.165) is 6.92 Å². The number of carbonyl (C=O) groups is 1. The molecule has 0 unspecified atom stereocenters. The van der Waals surface area contributed by atoms with E-state index in [4.69, 9.17) is 15.2 Å². The first-order valence-corrected chi connectivity index (χ1v) is 8.20. The molecule has 2 atom stereocenters. The number of alkyl carbamates (subject to hydrolysis) is 1. The lowest BCUT2D eigenvalue weighted by atomic mass is 9.93. The summed E-state index contributed by atoms with van der Waals surface area (Å²) in [6, 6.07) is 4.72. The molecule has 3 N–H and O–H groups in total. The summed E-state index contributed by atoms with van der Waals surface area (Å²) in [5.74, 6) is -0.517. The number of halogens is 3. The third kappa shape index (κ3) is 4.49. The number of anilines is 1. The quantitative estimate of drug-likeness (QED) is 0.770. The maximum Gasteiger partial charge on any atom is 0.424 e. The fourth-order valence-corrected chi connectivity index (χ4v) is 2.39. The van der Waals surface area contributed by atoms with Gasteiger partial charge in [0, 0.05) is 0 Å². The highest BCUT2D eigenvalue weighted by molar-refractivity contribution is 6.01. The predicted molar refractivity (Wildman–Crippen MR) is 93.2 cm³/mol. The number of alkyl halides is 3. The van der Waals surface area contributed by atoms with Gasteiger partial charge in [0.05, 0.1) is 12.3 Å². The van der Waals surface area contributed by atoms with E-state index in [0.29, 0.717) is 5.69 Å². The van der Waals surface area contributed by atoms with Crippen molar-refractivity contribution in [1.82, 2.24) is 10.3 Å². The highest BCUT2D eigenvalue weighted by atomic mass is 19.4. The number of ether oxygens (including phenoxy) is 2. The minimum Gasteiger partial charge on any atom is -0.444 e. The molecule has 1 aliphatic rings. The van der Waals surface area contributed by atoms with E-state index in [1.807, 2.05) is 0 Å². The number of pyridine rings is 1. The molecular formula is C17H23F3N4O3. The van der Waals surface area contributed by atoms with Gasteiger partial charge in [0.2, 0.25) is 5.60 Å². The van der Waals surface area contributed by atoms with Gasteiger partial charge < -0.3 is 15.2 Å². The van der Waals surface area contributed by atoms with Crippen molar-refractivity contribution in [3.8, 4) is 0 Å². The largest absolute Gasteiger partial charge is 0.444 e. The Labute approximate surface area is 155 Å². The molecule has 0 fully saturated rings. The summed E-state index contributed by atoms with van der Waals surface area (Å²) in [6.45, 7) is 6.72.